The van der Waals surface area contributed by atoms with Gasteiger partial charge in [-0.15, -0.1) is 0 Å². The van der Waals surface area contributed by atoms with Crippen molar-refractivity contribution in [1.29, 1.82) is 0 Å². The lowest BCUT2D eigenvalue weighted by molar-refractivity contribution is 0.475. The van der Waals surface area contributed by atoms with Crippen molar-refractivity contribution in [2.75, 3.05) is 0 Å². The monoisotopic (exact) mass is 290 g/mol. The third-order valence-electron chi connectivity index (χ3n) is 2.84. The number of rotatable bonds is 2. The first-order valence-electron chi connectivity index (χ1n) is 5.60. The predicted molar refractivity (Wildman–Crippen MR) is 74.5 cm³/mol. The second-order valence-corrected chi connectivity index (χ2v) is 5.18. The highest BCUT2D eigenvalue weighted by atomic mass is 79.9. The summed E-state index contributed by atoms with van der Waals surface area (Å²) in [4.78, 5) is 0. The molecule has 88 valence electrons. The van der Waals surface area contributed by atoms with E-state index in [1.54, 1.807) is 12.1 Å². The van der Waals surface area contributed by atoms with E-state index in [9.17, 15) is 5.11 Å². The molecule has 2 aromatic rings. The number of hydrogen-bond acceptors (Lipinski definition) is 1. The Morgan fingerprint density at radius 2 is 1.47 bits per heavy atom. The van der Waals surface area contributed by atoms with Crippen LogP contribution in [0.15, 0.2) is 40.9 Å². The molecule has 2 aromatic carbocycles. The molecule has 0 aliphatic carbocycles. The van der Waals surface area contributed by atoms with Crippen LogP contribution in [0, 0.1) is 13.8 Å². The normalized spacial score (nSPS) is 10.5. The largest absolute Gasteiger partial charge is 0.508 e. The molecule has 0 aliphatic heterocycles. The second kappa shape index (κ2) is 4.92. The molecule has 0 atom stereocenters. The van der Waals surface area contributed by atoms with Gasteiger partial charge in [-0.05, 0) is 54.7 Å². The molecule has 17 heavy (non-hydrogen) atoms. The van der Waals surface area contributed by atoms with Crippen LogP contribution in [0.1, 0.15) is 22.3 Å². The van der Waals surface area contributed by atoms with Crippen LogP contribution in [0.4, 0.5) is 0 Å². The van der Waals surface area contributed by atoms with E-state index >= 15 is 0 Å². The Balaban J connectivity index is 2.27. The van der Waals surface area contributed by atoms with Crippen molar-refractivity contribution in [3.63, 3.8) is 0 Å². The van der Waals surface area contributed by atoms with Crippen molar-refractivity contribution in [3.05, 3.63) is 63.1 Å². The van der Waals surface area contributed by atoms with E-state index in [1.165, 1.54) is 26.7 Å². The average molecular weight is 291 g/mol. The third kappa shape index (κ3) is 2.89. The molecule has 1 nitrogen and oxygen atoms in total. The van der Waals surface area contributed by atoms with Gasteiger partial charge in [0.05, 0.1) is 0 Å². The molecule has 0 unspecified atom stereocenters. The van der Waals surface area contributed by atoms with Crippen molar-refractivity contribution in [3.8, 4) is 5.75 Å². The summed E-state index contributed by atoms with van der Waals surface area (Å²) in [7, 11) is 0. The molecule has 0 heterocycles. The number of hydrogen-bond donors (Lipinski definition) is 1. The molecule has 0 amide bonds. The standard InChI is InChI=1S/C15H15BrO/c1-10-7-13(8-11(2)15(10)16)9-12-3-5-14(17)6-4-12/h3-8,17H,9H2,1-2H3. The maximum atomic E-state index is 9.24. The second-order valence-electron chi connectivity index (χ2n) is 4.39. The quantitative estimate of drug-likeness (QED) is 0.871. The zero-order valence-electron chi connectivity index (χ0n) is 10.00. The molecule has 2 rings (SSSR count). The fourth-order valence-corrected chi connectivity index (χ4v) is 2.22. The van der Waals surface area contributed by atoms with Crippen molar-refractivity contribution in [2.45, 2.75) is 20.3 Å². The summed E-state index contributed by atoms with van der Waals surface area (Å²) in [5.74, 6) is 0.317. The first-order valence-corrected chi connectivity index (χ1v) is 6.39. The van der Waals surface area contributed by atoms with Gasteiger partial charge in [0.1, 0.15) is 5.75 Å². The number of phenolic OH excluding ortho intramolecular Hbond substituents is 1. The molecule has 0 aliphatic rings. The third-order valence-corrected chi connectivity index (χ3v) is 4.09. The van der Waals surface area contributed by atoms with Gasteiger partial charge in [-0.1, -0.05) is 40.2 Å². The van der Waals surface area contributed by atoms with Crippen LogP contribution >= 0.6 is 15.9 Å². The minimum Gasteiger partial charge on any atom is -0.508 e. The smallest absolute Gasteiger partial charge is 0.115 e. The molecule has 2 heteroatoms. The van der Waals surface area contributed by atoms with E-state index in [1.807, 2.05) is 12.1 Å². The average Bonchev–Trinajstić information content (AvgIpc) is 2.29. The highest BCUT2D eigenvalue weighted by molar-refractivity contribution is 9.10. The van der Waals surface area contributed by atoms with Gasteiger partial charge in [0.25, 0.3) is 0 Å². The molecule has 1 N–H and O–H groups in total. The minimum atomic E-state index is 0.317. The van der Waals surface area contributed by atoms with Gasteiger partial charge in [0, 0.05) is 4.47 Å². The van der Waals surface area contributed by atoms with Gasteiger partial charge >= 0.3 is 0 Å². The number of phenols is 1. The Morgan fingerprint density at radius 3 is 2.00 bits per heavy atom. The molecule has 0 bridgehead atoms. The summed E-state index contributed by atoms with van der Waals surface area (Å²) in [6, 6.07) is 11.8. The van der Waals surface area contributed by atoms with Crippen molar-refractivity contribution in [2.24, 2.45) is 0 Å². The van der Waals surface area contributed by atoms with Crippen molar-refractivity contribution >= 4 is 15.9 Å². The van der Waals surface area contributed by atoms with Crippen LogP contribution in [0.25, 0.3) is 0 Å². The van der Waals surface area contributed by atoms with Gasteiger partial charge in [-0.2, -0.15) is 0 Å². The van der Waals surface area contributed by atoms with E-state index in [0.717, 1.165) is 6.42 Å². The Morgan fingerprint density at radius 1 is 0.941 bits per heavy atom. The zero-order valence-corrected chi connectivity index (χ0v) is 11.6. The van der Waals surface area contributed by atoms with Crippen LogP contribution in [-0.2, 0) is 6.42 Å². The topological polar surface area (TPSA) is 20.2 Å². The summed E-state index contributed by atoms with van der Waals surface area (Å²) in [5, 5.41) is 9.24. The Hall–Kier alpha value is -1.28. The molecule has 0 radical (unpaired) electrons. The molecule has 0 saturated carbocycles. The van der Waals surface area contributed by atoms with Crippen LogP contribution < -0.4 is 0 Å². The van der Waals surface area contributed by atoms with Crippen LogP contribution in [0.3, 0.4) is 0 Å². The van der Waals surface area contributed by atoms with Gasteiger partial charge in [-0.3, -0.25) is 0 Å². The van der Waals surface area contributed by atoms with Gasteiger partial charge in [-0.25, -0.2) is 0 Å². The first kappa shape index (κ1) is 12.2. The van der Waals surface area contributed by atoms with Crippen LogP contribution in [0.2, 0.25) is 0 Å². The minimum absolute atomic E-state index is 0.317. The van der Waals surface area contributed by atoms with E-state index in [4.69, 9.17) is 0 Å². The fourth-order valence-electron chi connectivity index (χ4n) is 1.99. The lowest BCUT2D eigenvalue weighted by atomic mass is 10.0. The van der Waals surface area contributed by atoms with Crippen LogP contribution in [-0.4, -0.2) is 5.11 Å². The van der Waals surface area contributed by atoms with Gasteiger partial charge in [0.2, 0.25) is 0 Å². The van der Waals surface area contributed by atoms with Crippen molar-refractivity contribution in [1.82, 2.24) is 0 Å². The van der Waals surface area contributed by atoms with Gasteiger partial charge in [0.15, 0.2) is 0 Å². The lowest BCUT2D eigenvalue weighted by Gasteiger charge is -2.08. The molecular weight excluding hydrogens is 276 g/mol. The molecule has 0 spiro atoms. The first-order chi connectivity index (χ1) is 8.06. The Kier molecular flexibility index (Phi) is 3.53. The SMILES string of the molecule is Cc1cc(Cc2ccc(O)cc2)cc(C)c1Br. The van der Waals surface area contributed by atoms with Gasteiger partial charge < -0.3 is 5.11 Å². The maximum Gasteiger partial charge on any atom is 0.115 e. The van der Waals surface area contributed by atoms with Crippen molar-refractivity contribution < 1.29 is 5.11 Å². The number of halogens is 1. The highest BCUT2D eigenvalue weighted by Gasteiger charge is 2.03. The number of aromatic hydroxyl groups is 1. The van der Waals surface area contributed by atoms with E-state index in [0.29, 0.717) is 5.75 Å². The molecule has 0 saturated heterocycles. The zero-order chi connectivity index (χ0) is 12.4. The number of benzene rings is 2. The van der Waals surface area contributed by atoms with Crippen LogP contribution in [0.5, 0.6) is 5.75 Å². The highest BCUT2D eigenvalue weighted by Crippen LogP contribution is 2.24. The Bertz CT molecular complexity index is 506. The molecule has 0 aromatic heterocycles. The lowest BCUT2D eigenvalue weighted by Crippen LogP contribution is -1.91. The summed E-state index contributed by atoms with van der Waals surface area (Å²) in [6.07, 6.45) is 0.898. The predicted octanol–water partition coefficient (Wildman–Crippen LogP) is 4.36. The molecule has 0 fully saturated rings. The van der Waals surface area contributed by atoms with E-state index < -0.39 is 0 Å². The summed E-state index contributed by atoms with van der Waals surface area (Å²) in [6.45, 7) is 4.22. The summed E-state index contributed by atoms with van der Waals surface area (Å²) < 4.78 is 1.19. The maximum absolute atomic E-state index is 9.24. The summed E-state index contributed by atoms with van der Waals surface area (Å²) >= 11 is 3.58. The fraction of sp³-hybridized carbons (Fsp3) is 0.200. The summed E-state index contributed by atoms with van der Waals surface area (Å²) in [5.41, 5.74) is 5.04. The molecular formula is C15H15BrO. The number of aryl methyl sites for hydroxylation is 2. The van der Waals surface area contributed by atoms with E-state index in [2.05, 4.69) is 41.9 Å². The van der Waals surface area contributed by atoms with E-state index in [-0.39, 0.29) is 0 Å². The Labute approximate surface area is 110 Å².